The fourth-order valence-electron chi connectivity index (χ4n) is 4.02. The molecule has 0 aliphatic carbocycles. The van der Waals surface area contributed by atoms with Crippen LogP contribution in [-0.2, 0) is 14.8 Å². The second kappa shape index (κ2) is 7.91. The molecule has 2 aromatic heterocycles. The van der Waals surface area contributed by atoms with E-state index in [1.165, 1.54) is 19.2 Å². The number of aliphatic hydroxyl groups is 1. The van der Waals surface area contributed by atoms with E-state index in [1.54, 1.807) is 60.7 Å². The quantitative estimate of drug-likeness (QED) is 0.387. The molecule has 0 spiro atoms. The summed E-state index contributed by atoms with van der Waals surface area (Å²) in [6, 6.07) is 23.2. The number of fused-ring (bicyclic) bond motifs is 2. The lowest BCUT2D eigenvalue weighted by Gasteiger charge is -2.16. The van der Waals surface area contributed by atoms with Crippen LogP contribution in [0.3, 0.4) is 0 Å². The molecule has 5 rings (SSSR count). The minimum atomic E-state index is -4.19. The molecule has 0 radical (unpaired) electrons. The van der Waals surface area contributed by atoms with Gasteiger partial charge >= 0.3 is 5.97 Å². The Kier molecular flexibility index (Phi) is 5.03. The molecular formula is C25H19NO6S. The van der Waals surface area contributed by atoms with Crippen LogP contribution in [-0.4, -0.2) is 30.6 Å². The Bertz CT molecular complexity index is 1570. The molecule has 0 fully saturated rings. The molecular weight excluding hydrogens is 442 g/mol. The summed E-state index contributed by atoms with van der Waals surface area (Å²) in [5.74, 6) is -0.660. The number of benzene rings is 3. The number of ether oxygens (including phenoxy) is 1. The van der Waals surface area contributed by atoms with E-state index in [1.807, 2.05) is 12.1 Å². The molecule has 7 nitrogen and oxygen atoms in total. The van der Waals surface area contributed by atoms with Gasteiger partial charge in [-0.05, 0) is 30.3 Å². The molecule has 1 N–H and O–H groups in total. The topological polar surface area (TPSA) is 98.7 Å². The average Bonchev–Trinajstić information content (AvgIpc) is 3.43. The minimum absolute atomic E-state index is 0.0141. The van der Waals surface area contributed by atoms with Crippen molar-refractivity contribution in [2.45, 2.75) is 11.0 Å². The summed E-state index contributed by atoms with van der Waals surface area (Å²) >= 11 is 0. The molecule has 0 amide bonds. The van der Waals surface area contributed by atoms with E-state index in [9.17, 15) is 18.3 Å². The molecule has 0 saturated heterocycles. The van der Waals surface area contributed by atoms with Gasteiger partial charge in [0.2, 0.25) is 0 Å². The van der Waals surface area contributed by atoms with Gasteiger partial charge in [-0.2, -0.15) is 0 Å². The normalized spacial score (nSPS) is 12.8. The number of aromatic nitrogens is 1. The molecule has 0 aliphatic rings. The smallest absolute Gasteiger partial charge is 0.340 e. The Morgan fingerprint density at radius 1 is 0.970 bits per heavy atom. The van der Waals surface area contributed by atoms with Gasteiger partial charge < -0.3 is 14.3 Å². The second-order valence-electron chi connectivity index (χ2n) is 7.44. The van der Waals surface area contributed by atoms with Gasteiger partial charge in [0.15, 0.2) is 6.10 Å². The predicted molar refractivity (Wildman–Crippen MR) is 123 cm³/mol. The van der Waals surface area contributed by atoms with Gasteiger partial charge in [-0.3, -0.25) is 0 Å². The van der Waals surface area contributed by atoms with Crippen molar-refractivity contribution in [2.75, 3.05) is 7.11 Å². The zero-order valence-electron chi connectivity index (χ0n) is 17.5. The number of furan rings is 1. The summed E-state index contributed by atoms with van der Waals surface area (Å²) in [7, 11) is -2.99. The third-order valence-electron chi connectivity index (χ3n) is 5.51. The molecule has 2 heterocycles. The minimum Gasteiger partial charge on any atom is -0.465 e. The summed E-state index contributed by atoms with van der Waals surface area (Å²) < 4.78 is 39.3. The molecule has 33 heavy (non-hydrogen) atoms. The number of aliphatic hydroxyl groups excluding tert-OH is 1. The number of carbonyl (C=O) groups excluding carboxylic acids is 1. The zero-order chi connectivity index (χ0) is 23.2. The van der Waals surface area contributed by atoms with E-state index in [0.29, 0.717) is 11.0 Å². The number of para-hydroxylation sites is 2. The van der Waals surface area contributed by atoms with E-state index in [-0.39, 0.29) is 27.4 Å². The summed E-state index contributed by atoms with van der Waals surface area (Å²) in [5.41, 5.74) is 0.582. The van der Waals surface area contributed by atoms with E-state index in [4.69, 9.17) is 9.15 Å². The number of esters is 1. The fourth-order valence-corrected chi connectivity index (χ4v) is 5.60. The Balaban J connectivity index is 1.86. The average molecular weight is 461 g/mol. The number of hydrogen-bond donors (Lipinski definition) is 1. The van der Waals surface area contributed by atoms with Crippen LogP contribution in [0.2, 0.25) is 0 Å². The van der Waals surface area contributed by atoms with E-state index >= 15 is 0 Å². The van der Waals surface area contributed by atoms with E-state index in [2.05, 4.69) is 0 Å². The lowest BCUT2D eigenvalue weighted by Crippen LogP contribution is -2.20. The summed E-state index contributed by atoms with van der Waals surface area (Å²) in [6.45, 7) is 0. The highest BCUT2D eigenvalue weighted by atomic mass is 32.2. The van der Waals surface area contributed by atoms with Crippen molar-refractivity contribution in [2.24, 2.45) is 0 Å². The highest BCUT2D eigenvalue weighted by Crippen LogP contribution is 2.38. The van der Waals surface area contributed by atoms with Gasteiger partial charge in [0.25, 0.3) is 10.0 Å². The number of hydrogen-bond acceptors (Lipinski definition) is 6. The first-order chi connectivity index (χ1) is 15.9. The van der Waals surface area contributed by atoms with Gasteiger partial charge in [-0.25, -0.2) is 17.2 Å². The monoisotopic (exact) mass is 461 g/mol. The van der Waals surface area contributed by atoms with Crippen LogP contribution in [0.4, 0.5) is 0 Å². The van der Waals surface area contributed by atoms with Crippen molar-refractivity contribution in [1.29, 1.82) is 0 Å². The first-order valence-electron chi connectivity index (χ1n) is 10.1. The van der Waals surface area contributed by atoms with Gasteiger partial charge in [0.05, 0.1) is 28.8 Å². The zero-order valence-corrected chi connectivity index (χ0v) is 18.3. The molecule has 0 bridgehead atoms. The molecule has 5 aromatic rings. The van der Waals surface area contributed by atoms with Crippen LogP contribution in [0.5, 0.6) is 0 Å². The summed E-state index contributed by atoms with van der Waals surface area (Å²) in [5, 5.41) is 12.5. The van der Waals surface area contributed by atoms with E-state index < -0.39 is 22.1 Å². The number of nitrogens with zero attached hydrogens (tertiary/aromatic N) is 1. The van der Waals surface area contributed by atoms with Gasteiger partial charge in [-0.1, -0.05) is 54.6 Å². The maximum atomic E-state index is 13.8. The van der Waals surface area contributed by atoms with Crippen molar-refractivity contribution in [3.63, 3.8) is 0 Å². The Morgan fingerprint density at radius 2 is 1.64 bits per heavy atom. The highest BCUT2D eigenvalue weighted by molar-refractivity contribution is 7.90. The maximum absolute atomic E-state index is 13.8. The fraction of sp³-hybridized carbons (Fsp3) is 0.0800. The van der Waals surface area contributed by atoms with Gasteiger partial charge in [0, 0.05) is 10.8 Å². The number of rotatable bonds is 5. The van der Waals surface area contributed by atoms with E-state index in [0.717, 1.165) is 9.36 Å². The maximum Gasteiger partial charge on any atom is 0.340 e. The Hall–Kier alpha value is -3.88. The van der Waals surface area contributed by atoms with Gasteiger partial charge in [-0.15, -0.1) is 0 Å². The van der Waals surface area contributed by atoms with Crippen LogP contribution in [0.15, 0.2) is 94.2 Å². The molecule has 8 heteroatoms. The number of carbonyl (C=O) groups is 1. The largest absolute Gasteiger partial charge is 0.465 e. The third-order valence-corrected chi connectivity index (χ3v) is 7.25. The summed E-state index contributed by atoms with van der Waals surface area (Å²) in [4.78, 5) is 12.9. The molecule has 3 aromatic carbocycles. The lowest BCUT2D eigenvalue weighted by atomic mass is 10.1. The number of methoxy groups -OCH3 is 1. The Morgan fingerprint density at radius 3 is 2.36 bits per heavy atom. The van der Waals surface area contributed by atoms with Crippen molar-refractivity contribution < 1.29 is 27.5 Å². The Labute approximate surface area is 189 Å². The standard InChI is InChI=1S/C25H19NO6S/c1-31-25(28)22-18-12-6-7-13-19(18)26(33(29,30)17-10-3-2-4-11-17)23(22)24(27)21-15-16-9-5-8-14-20(16)32-21/h2-15,24,27H,1H3. The van der Waals surface area contributed by atoms with Crippen LogP contribution in [0.1, 0.15) is 27.9 Å². The van der Waals surface area contributed by atoms with Crippen molar-refractivity contribution in [1.82, 2.24) is 3.97 Å². The molecule has 166 valence electrons. The second-order valence-corrected chi connectivity index (χ2v) is 9.23. The third kappa shape index (κ3) is 3.31. The molecule has 1 unspecified atom stereocenters. The van der Waals surface area contributed by atoms with Crippen LogP contribution >= 0.6 is 0 Å². The lowest BCUT2D eigenvalue weighted by molar-refractivity contribution is 0.0596. The van der Waals surface area contributed by atoms with Crippen LogP contribution in [0, 0.1) is 0 Å². The van der Waals surface area contributed by atoms with Crippen molar-refractivity contribution in [3.05, 3.63) is 102 Å². The van der Waals surface area contributed by atoms with Crippen molar-refractivity contribution in [3.8, 4) is 0 Å². The molecule has 0 saturated carbocycles. The molecule has 0 aliphatic heterocycles. The summed E-state index contributed by atoms with van der Waals surface area (Å²) in [6.07, 6.45) is -1.56. The van der Waals surface area contributed by atoms with Crippen molar-refractivity contribution >= 4 is 37.9 Å². The van der Waals surface area contributed by atoms with Gasteiger partial charge in [0.1, 0.15) is 11.3 Å². The highest BCUT2D eigenvalue weighted by Gasteiger charge is 2.35. The van der Waals surface area contributed by atoms with Crippen LogP contribution in [0.25, 0.3) is 21.9 Å². The predicted octanol–water partition coefficient (Wildman–Crippen LogP) is 4.49. The molecule has 1 atom stereocenters. The van der Waals surface area contributed by atoms with Crippen LogP contribution < -0.4 is 0 Å². The SMILES string of the molecule is COC(=O)c1c(C(O)c2cc3ccccc3o2)n(S(=O)(=O)c2ccccc2)c2ccccc12. The first-order valence-corrected chi connectivity index (χ1v) is 11.6. The first kappa shape index (κ1) is 21.0.